The Hall–Kier alpha value is -2.96. The summed E-state index contributed by atoms with van der Waals surface area (Å²) in [6.07, 6.45) is 6.64. The first-order chi connectivity index (χ1) is 12.5. The number of hydrogen-bond donors (Lipinski definition) is 1. The van der Waals surface area contributed by atoms with E-state index in [9.17, 15) is 9.18 Å². The fourth-order valence-corrected chi connectivity index (χ4v) is 2.81. The van der Waals surface area contributed by atoms with Crippen LogP contribution in [0.3, 0.4) is 0 Å². The summed E-state index contributed by atoms with van der Waals surface area (Å²) in [5.41, 5.74) is 0.872. The molecule has 0 atom stereocenters. The molecule has 26 heavy (non-hydrogen) atoms. The second-order valence-corrected chi connectivity index (χ2v) is 6.34. The van der Waals surface area contributed by atoms with E-state index in [4.69, 9.17) is 0 Å². The van der Waals surface area contributed by atoms with Crippen molar-refractivity contribution in [2.75, 3.05) is 42.3 Å². The minimum Gasteiger partial charge on any atom is -0.361 e. The van der Waals surface area contributed by atoms with Gasteiger partial charge in [0.1, 0.15) is 11.5 Å². The molecule has 2 heterocycles. The first kappa shape index (κ1) is 17.8. The molecule has 1 N–H and O–H groups in total. The van der Waals surface area contributed by atoms with Gasteiger partial charge in [0.25, 0.3) is 0 Å². The Morgan fingerprint density at radius 2 is 2.00 bits per heavy atom. The summed E-state index contributed by atoms with van der Waals surface area (Å²) in [7, 11) is 3.72. The maximum Gasteiger partial charge on any atom is 0.248 e. The van der Waals surface area contributed by atoms with E-state index in [1.54, 1.807) is 24.4 Å². The van der Waals surface area contributed by atoms with Crippen LogP contribution in [0.15, 0.2) is 36.5 Å². The summed E-state index contributed by atoms with van der Waals surface area (Å²) in [4.78, 5) is 25.1. The van der Waals surface area contributed by atoms with Crippen molar-refractivity contribution in [3.8, 4) is 0 Å². The topological polar surface area (TPSA) is 61.4 Å². The van der Waals surface area contributed by atoms with Crippen LogP contribution in [0.4, 0.5) is 21.8 Å². The lowest BCUT2D eigenvalue weighted by atomic mass is 10.2. The number of aromatic nitrogens is 2. The van der Waals surface area contributed by atoms with Crippen LogP contribution in [-0.2, 0) is 4.79 Å². The summed E-state index contributed by atoms with van der Waals surface area (Å²) in [6.45, 7) is 1.90. The van der Waals surface area contributed by atoms with E-state index in [1.165, 1.54) is 18.2 Å². The van der Waals surface area contributed by atoms with Gasteiger partial charge in [0.15, 0.2) is 5.82 Å². The fraction of sp³-hybridized carbons (Fsp3) is 0.316. The Kier molecular flexibility index (Phi) is 5.46. The first-order valence-corrected chi connectivity index (χ1v) is 8.57. The Labute approximate surface area is 152 Å². The Balaban J connectivity index is 1.75. The smallest absolute Gasteiger partial charge is 0.248 e. The highest BCUT2D eigenvalue weighted by Crippen LogP contribution is 2.25. The van der Waals surface area contributed by atoms with Crippen LogP contribution >= 0.6 is 0 Å². The van der Waals surface area contributed by atoms with Gasteiger partial charge in [-0.2, -0.15) is 4.98 Å². The van der Waals surface area contributed by atoms with Crippen molar-refractivity contribution in [3.63, 3.8) is 0 Å². The van der Waals surface area contributed by atoms with Gasteiger partial charge in [-0.1, -0.05) is 18.2 Å². The van der Waals surface area contributed by atoms with Crippen molar-refractivity contribution < 1.29 is 9.18 Å². The monoisotopic (exact) mass is 355 g/mol. The number of nitrogens with zero attached hydrogens (tertiary/aromatic N) is 4. The lowest BCUT2D eigenvalue weighted by Crippen LogP contribution is -2.23. The number of amides is 1. The van der Waals surface area contributed by atoms with Crippen molar-refractivity contribution in [1.82, 2.24) is 9.97 Å². The van der Waals surface area contributed by atoms with Crippen LogP contribution in [0.1, 0.15) is 18.4 Å². The number of benzene rings is 1. The maximum atomic E-state index is 13.6. The fourth-order valence-electron chi connectivity index (χ4n) is 2.81. The number of hydrogen-bond acceptors (Lipinski definition) is 5. The predicted molar refractivity (Wildman–Crippen MR) is 102 cm³/mol. The zero-order chi connectivity index (χ0) is 18.5. The summed E-state index contributed by atoms with van der Waals surface area (Å²) in [5, 5.41) is 2.77. The maximum absolute atomic E-state index is 13.6. The van der Waals surface area contributed by atoms with Gasteiger partial charge in [-0.25, -0.2) is 9.37 Å². The number of halogens is 1. The van der Waals surface area contributed by atoms with E-state index in [0.717, 1.165) is 25.9 Å². The van der Waals surface area contributed by atoms with Crippen molar-refractivity contribution in [2.24, 2.45) is 0 Å². The molecule has 1 aromatic heterocycles. The zero-order valence-corrected chi connectivity index (χ0v) is 14.9. The van der Waals surface area contributed by atoms with Gasteiger partial charge in [0.05, 0.1) is 6.20 Å². The molecule has 1 amide bonds. The highest BCUT2D eigenvalue weighted by Gasteiger charge is 2.18. The molecule has 0 saturated carbocycles. The average Bonchev–Trinajstić information content (AvgIpc) is 3.16. The molecule has 0 bridgehead atoms. The highest BCUT2D eigenvalue weighted by atomic mass is 19.1. The molecule has 1 aromatic carbocycles. The van der Waals surface area contributed by atoms with Gasteiger partial charge in [-0.15, -0.1) is 0 Å². The minimum absolute atomic E-state index is 0.358. The van der Waals surface area contributed by atoms with Gasteiger partial charge in [-0.05, 0) is 25.0 Å². The molecule has 7 heteroatoms. The average molecular weight is 355 g/mol. The molecular weight excluding hydrogens is 333 g/mol. The van der Waals surface area contributed by atoms with Crippen LogP contribution in [-0.4, -0.2) is 43.1 Å². The second-order valence-electron chi connectivity index (χ2n) is 6.34. The third-order valence-corrected chi connectivity index (χ3v) is 4.15. The normalized spacial score (nSPS) is 14.0. The predicted octanol–water partition coefficient (Wildman–Crippen LogP) is 2.93. The van der Waals surface area contributed by atoms with E-state index in [-0.39, 0.29) is 11.7 Å². The van der Waals surface area contributed by atoms with Gasteiger partial charge in [-0.3, -0.25) is 4.79 Å². The molecule has 1 fully saturated rings. The summed E-state index contributed by atoms with van der Waals surface area (Å²) in [6, 6.07) is 6.29. The molecule has 2 aromatic rings. The number of rotatable bonds is 5. The Morgan fingerprint density at radius 1 is 1.27 bits per heavy atom. The van der Waals surface area contributed by atoms with Crippen LogP contribution in [0.2, 0.25) is 0 Å². The standard InChI is InChI=1S/C19H22FN5O/c1-24(2)18-16(13-21-19(23-18)25-11-5-6-12-25)22-17(26)10-9-14-7-3-4-8-15(14)20/h3-4,7-10,13H,5-6,11-12H2,1-2H3,(H,22,26)/b10-9+. The van der Waals surface area contributed by atoms with Crippen LogP contribution in [0.5, 0.6) is 0 Å². The lowest BCUT2D eigenvalue weighted by Gasteiger charge is -2.20. The van der Waals surface area contributed by atoms with Crippen molar-refractivity contribution >= 4 is 29.4 Å². The molecule has 0 aliphatic carbocycles. The number of carbonyl (C=O) groups excluding carboxylic acids is 1. The summed E-state index contributed by atoms with van der Waals surface area (Å²) >= 11 is 0. The Morgan fingerprint density at radius 3 is 2.69 bits per heavy atom. The van der Waals surface area contributed by atoms with Crippen molar-refractivity contribution in [1.29, 1.82) is 0 Å². The van der Waals surface area contributed by atoms with E-state index in [0.29, 0.717) is 23.0 Å². The molecule has 1 aliphatic rings. The van der Waals surface area contributed by atoms with E-state index in [1.807, 2.05) is 19.0 Å². The number of carbonyl (C=O) groups is 1. The molecule has 1 aliphatic heterocycles. The summed E-state index contributed by atoms with van der Waals surface area (Å²) < 4.78 is 13.6. The van der Waals surface area contributed by atoms with Gasteiger partial charge >= 0.3 is 0 Å². The molecule has 0 unspecified atom stereocenters. The quantitative estimate of drug-likeness (QED) is 0.836. The molecule has 0 spiro atoms. The first-order valence-electron chi connectivity index (χ1n) is 8.57. The van der Waals surface area contributed by atoms with Crippen LogP contribution in [0.25, 0.3) is 6.08 Å². The number of anilines is 3. The van der Waals surface area contributed by atoms with Gasteiger partial charge in [0.2, 0.25) is 11.9 Å². The third-order valence-electron chi connectivity index (χ3n) is 4.15. The molecular formula is C19H22FN5O. The highest BCUT2D eigenvalue weighted by molar-refractivity contribution is 6.03. The number of nitrogens with one attached hydrogen (secondary N) is 1. The van der Waals surface area contributed by atoms with Crippen molar-refractivity contribution in [2.45, 2.75) is 12.8 Å². The van der Waals surface area contributed by atoms with E-state index < -0.39 is 0 Å². The van der Waals surface area contributed by atoms with E-state index >= 15 is 0 Å². The van der Waals surface area contributed by atoms with Crippen LogP contribution < -0.4 is 15.1 Å². The largest absolute Gasteiger partial charge is 0.361 e. The molecule has 1 saturated heterocycles. The second kappa shape index (κ2) is 7.95. The summed E-state index contributed by atoms with van der Waals surface area (Å²) in [5.74, 6) is 0.568. The van der Waals surface area contributed by atoms with Gasteiger partial charge in [0, 0.05) is 38.8 Å². The lowest BCUT2D eigenvalue weighted by molar-refractivity contribution is -0.111. The molecule has 6 nitrogen and oxygen atoms in total. The Bertz CT molecular complexity index is 815. The van der Waals surface area contributed by atoms with Crippen LogP contribution in [0, 0.1) is 5.82 Å². The van der Waals surface area contributed by atoms with E-state index in [2.05, 4.69) is 20.2 Å². The molecule has 3 rings (SSSR count). The SMILES string of the molecule is CN(C)c1nc(N2CCCC2)ncc1NC(=O)/C=C/c1ccccc1F. The van der Waals surface area contributed by atoms with Crippen molar-refractivity contribution in [3.05, 3.63) is 47.9 Å². The molecule has 0 radical (unpaired) electrons. The molecule has 136 valence electrons. The minimum atomic E-state index is -0.371. The zero-order valence-electron chi connectivity index (χ0n) is 14.9. The van der Waals surface area contributed by atoms with Gasteiger partial charge < -0.3 is 15.1 Å². The third kappa shape index (κ3) is 4.17.